The number of nitrogens with zero attached hydrogens (tertiary/aromatic N) is 2. The van der Waals surface area contributed by atoms with Crippen molar-refractivity contribution in [2.24, 2.45) is 0 Å². The Balaban J connectivity index is 1.98. The number of urea groups is 1. The predicted molar refractivity (Wildman–Crippen MR) is 89.7 cm³/mol. The summed E-state index contributed by atoms with van der Waals surface area (Å²) in [5.74, 6) is 0.00164. The molecule has 6 heteroatoms. The summed E-state index contributed by atoms with van der Waals surface area (Å²) in [5, 5.41) is 2.84. The first-order valence-corrected chi connectivity index (χ1v) is 8.12. The number of benzene rings is 1. The normalized spacial score (nSPS) is 17.7. The van der Waals surface area contributed by atoms with E-state index in [9.17, 15) is 9.59 Å². The van der Waals surface area contributed by atoms with Crippen LogP contribution in [0.3, 0.4) is 0 Å². The number of amides is 3. The lowest BCUT2D eigenvalue weighted by atomic mass is 10.1. The average molecular weight is 319 g/mol. The third-order valence-electron chi connectivity index (χ3n) is 3.96. The summed E-state index contributed by atoms with van der Waals surface area (Å²) in [6, 6.07) is 6.90. The fourth-order valence-electron chi connectivity index (χ4n) is 2.59. The molecule has 126 valence electrons. The fourth-order valence-corrected chi connectivity index (χ4v) is 2.59. The summed E-state index contributed by atoms with van der Waals surface area (Å²) in [4.78, 5) is 28.0. The van der Waals surface area contributed by atoms with Crippen LogP contribution in [-0.4, -0.2) is 60.6 Å². The van der Waals surface area contributed by atoms with Crippen molar-refractivity contribution in [2.45, 2.75) is 26.9 Å². The molecule has 1 atom stereocenters. The molecule has 0 spiro atoms. The Kier molecular flexibility index (Phi) is 5.98. The Morgan fingerprint density at radius 3 is 2.48 bits per heavy atom. The first-order valence-electron chi connectivity index (χ1n) is 8.12. The van der Waals surface area contributed by atoms with Crippen molar-refractivity contribution in [1.29, 1.82) is 0 Å². The molecule has 1 saturated heterocycles. The van der Waals surface area contributed by atoms with E-state index in [0.29, 0.717) is 44.0 Å². The van der Waals surface area contributed by atoms with Crippen molar-refractivity contribution in [3.63, 3.8) is 0 Å². The monoisotopic (exact) mass is 319 g/mol. The largest absolute Gasteiger partial charge is 0.375 e. The van der Waals surface area contributed by atoms with Crippen LogP contribution in [0.25, 0.3) is 0 Å². The first kappa shape index (κ1) is 17.3. The molecule has 0 saturated carbocycles. The maximum atomic E-state index is 12.5. The lowest BCUT2D eigenvalue weighted by Crippen LogP contribution is -2.44. The summed E-state index contributed by atoms with van der Waals surface area (Å²) in [7, 11) is 0. The number of hydrogen-bond acceptors (Lipinski definition) is 3. The first-order chi connectivity index (χ1) is 11.0. The van der Waals surface area contributed by atoms with Gasteiger partial charge in [0, 0.05) is 37.4 Å². The van der Waals surface area contributed by atoms with Gasteiger partial charge in [-0.25, -0.2) is 4.79 Å². The minimum absolute atomic E-state index is 0.00164. The maximum Gasteiger partial charge on any atom is 0.321 e. The molecule has 1 fully saturated rings. The molecule has 1 aromatic rings. The van der Waals surface area contributed by atoms with E-state index < -0.39 is 0 Å². The van der Waals surface area contributed by atoms with Gasteiger partial charge in [-0.15, -0.1) is 0 Å². The van der Waals surface area contributed by atoms with Gasteiger partial charge in [-0.3, -0.25) is 4.79 Å². The number of hydrogen-bond donors (Lipinski definition) is 1. The topological polar surface area (TPSA) is 61.9 Å². The van der Waals surface area contributed by atoms with Crippen LogP contribution in [0, 0.1) is 0 Å². The van der Waals surface area contributed by atoms with E-state index in [-0.39, 0.29) is 18.0 Å². The highest BCUT2D eigenvalue weighted by Gasteiger charge is 2.22. The summed E-state index contributed by atoms with van der Waals surface area (Å²) < 4.78 is 5.45. The van der Waals surface area contributed by atoms with Gasteiger partial charge in [0.2, 0.25) is 0 Å². The highest BCUT2D eigenvalue weighted by molar-refractivity contribution is 5.95. The molecule has 0 aliphatic carbocycles. The molecule has 1 aliphatic heterocycles. The van der Waals surface area contributed by atoms with E-state index in [4.69, 9.17) is 4.74 Å². The Morgan fingerprint density at radius 1 is 1.26 bits per heavy atom. The Bertz CT molecular complexity index is 541. The molecular formula is C17H25N3O3. The van der Waals surface area contributed by atoms with Crippen LogP contribution < -0.4 is 5.32 Å². The SMILES string of the molecule is CCN(CC)C(=O)Nc1ccc(C(=O)N2CCOC(C)C2)cc1. The maximum absolute atomic E-state index is 12.5. The smallest absolute Gasteiger partial charge is 0.321 e. The Labute approximate surface area is 137 Å². The fraction of sp³-hybridized carbons (Fsp3) is 0.529. The summed E-state index contributed by atoms with van der Waals surface area (Å²) in [6.45, 7) is 8.96. The third-order valence-corrected chi connectivity index (χ3v) is 3.96. The molecule has 1 aromatic carbocycles. The van der Waals surface area contributed by atoms with Gasteiger partial charge in [-0.1, -0.05) is 0 Å². The van der Waals surface area contributed by atoms with Gasteiger partial charge >= 0.3 is 6.03 Å². The minimum atomic E-state index is -0.129. The van der Waals surface area contributed by atoms with Crippen LogP contribution in [0.4, 0.5) is 10.5 Å². The molecule has 1 unspecified atom stereocenters. The lowest BCUT2D eigenvalue weighted by Gasteiger charge is -2.31. The zero-order valence-electron chi connectivity index (χ0n) is 14.0. The van der Waals surface area contributed by atoms with Crippen LogP contribution in [0.1, 0.15) is 31.1 Å². The van der Waals surface area contributed by atoms with E-state index >= 15 is 0 Å². The minimum Gasteiger partial charge on any atom is -0.375 e. The molecule has 0 bridgehead atoms. The molecule has 0 aromatic heterocycles. The molecule has 3 amide bonds. The quantitative estimate of drug-likeness (QED) is 0.927. The lowest BCUT2D eigenvalue weighted by molar-refractivity contribution is -0.0124. The summed E-state index contributed by atoms with van der Waals surface area (Å²) >= 11 is 0. The van der Waals surface area contributed by atoms with E-state index in [2.05, 4.69) is 5.32 Å². The number of carbonyl (C=O) groups excluding carboxylic acids is 2. The van der Waals surface area contributed by atoms with Crippen molar-refractivity contribution < 1.29 is 14.3 Å². The van der Waals surface area contributed by atoms with Crippen molar-refractivity contribution >= 4 is 17.6 Å². The molecule has 2 rings (SSSR count). The van der Waals surface area contributed by atoms with Gasteiger partial charge in [0.1, 0.15) is 0 Å². The van der Waals surface area contributed by atoms with Gasteiger partial charge in [-0.05, 0) is 45.0 Å². The summed E-state index contributed by atoms with van der Waals surface area (Å²) in [5.41, 5.74) is 1.31. The van der Waals surface area contributed by atoms with Crippen molar-refractivity contribution in [1.82, 2.24) is 9.80 Å². The van der Waals surface area contributed by atoms with Gasteiger partial charge in [0.05, 0.1) is 12.7 Å². The van der Waals surface area contributed by atoms with Crippen molar-refractivity contribution in [3.8, 4) is 0 Å². The van der Waals surface area contributed by atoms with Crippen LogP contribution in [0.15, 0.2) is 24.3 Å². The number of nitrogens with one attached hydrogen (secondary N) is 1. The number of carbonyl (C=O) groups is 2. The molecule has 1 N–H and O–H groups in total. The van der Waals surface area contributed by atoms with Gasteiger partial charge in [0.25, 0.3) is 5.91 Å². The second-order valence-corrected chi connectivity index (χ2v) is 5.61. The van der Waals surface area contributed by atoms with Gasteiger partial charge in [0.15, 0.2) is 0 Å². The second-order valence-electron chi connectivity index (χ2n) is 5.61. The van der Waals surface area contributed by atoms with E-state index in [1.54, 1.807) is 34.1 Å². The molecule has 1 heterocycles. The van der Waals surface area contributed by atoms with E-state index in [0.717, 1.165) is 0 Å². The van der Waals surface area contributed by atoms with E-state index in [1.165, 1.54) is 0 Å². The third kappa shape index (κ3) is 4.45. The zero-order chi connectivity index (χ0) is 16.8. The Morgan fingerprint density at radius 2 is 1.91 bits per heavy atom. The van der Waals surface area contributed by atoms with Gasteiger partial charge in [-0.2, -0.15) is 0 Å². The van der Waals surface area contributed by atoms with Crippen LogP contribution in [-0.2, 0) is 4.74 Å². The molecule has 0 radical (unpaired) electrons. The molecule has 6 nitrogen and oxygen atoms in total. The number of anilines is 1. The predicted octanol–water partition coefficient (Wildman–Crippen LogP) is 2.42. The Hall–Kier alpha value is -2.08. The molecule has 23 heavy (non-hydrogen) atoms. The van der Waals surface area contributed by atoms with Crippen molar-refractivity contribution in [3.05, 3.63) is 29.8 Å². The number of ether oxygens (including phenoxy) is 1. The number of morpholine rings is 1. The standard InChI is InChI=1S/C17H25N3O3/c1-4-19(5-2)17(22)18-15-8-6-14(7-9-15)16(21)20-10-11-23-13(3)12-20/h6-9,13H,4-5,10-12H2,1-3H3,(H,18,22). The van der Waals surface area contributed by atoms with Crippen molar-refractivity contribution in [2.75, 3.05) is 38.1 Å². The van der Waals surface area contributed by atoms with E-state index in [1.807, 2.05) is 20.8 Å². The molecule has 1 aliphatic rings. The van der Waals surface area contributed by atoms with Crippen LogP contribution >= 0.6 is 0 Å². The average Bonchev–Trinajstić information content (AvgIpc) is 2.56. The number of rotatable bonds is 4. The second kappa shape index (κ2) is 7.97. The van der Waals surface area contributed by atoms with Crippen LogP contribution in [0.2, 0.25) is 0 Å². The summed E-state index contributed by atoms with van der Waals surface area (Å²) in [6.07, 6.45) is 0.0698. The zero-order valence-corrected chi connectivity index (χ0v) is 14.0. The highest BCUT2D eigenvalue weighted by Crippen LogP contribution is 2.14. The highest BCUT2D eigenvalue weighted by atomic mass is 16.5. The van der Waals surface area contributed by atoms with Crippen LogP contribution in [0.5, 0.6) is 0 Å². The van der Waals surface area contributed by atoms with Gasteiger partial charge < -0.3 is 19.9 Å². The molecular weight excluding hydrogens is 294 g/mol.